The number of rotatable bonds is 9. The standard InChI is InChI=1S/C27H28FN3O2/c1-19(2)22-8-3-6-11-25(22)33-17-7-16-31-24-10-5-4-9-23(24)30-26(31)18-29-27(32)20-12-14-21(28)15-13-20/h3-6,8-15,19H,7,16-18H2,1-2H3,(H,29,32). The first-order chi connectivity index (χ1) is 16.0. The van der Waals surface area contributed by atoms with Crippen LogP contribution in [0, 0.1) is 5.82 Å². The smallest absolute Gasteiger partial charge is 0.251 e. The van der Waals surface area contributed by atoms with Crippen molar-refractivity contribution < 1.29 is 13.9 Å². The quantitative estimate of drug-likeness (QED) is 0.336. The van der Waals surface area contributed by atoms with E-state index in [1.807, 2.05) is 42.5 Å². The van der Waals surface area contributed by atoms with Crippen LogP contribution in [0.5, 0.6) is 5.75 Å². The molecule has 0 fully saturated rings. The summed E-state index contributed by atoms with van der Waals surface area (Å²) in [5, 5.41) is 2.90. The number of carbonyl (C=O) groups is 1. The average Bonchev–Trinajstić information content (AvgIpc) is 3.18. The molecule has 0 aliphatic carbocycles. The van der Waals surface area contributed by atoms with Gasteiger partial charge in [-0.15, -0.1) is 0 Å². The fraction of sp³-hybridized carbons (Fsp3) is 0.259. The van der Waals surface area contributed by atoms with Crippen molar-refractivity contribution in [1.29, 1.82) is 0 Å². The van der Waals surface area contributed by atoms with Gasteiger partial charge in [-0.3, -0.25) is 4.79 Å². The molecule has 0 aliphatic heterocycles. The van der Waals surface area contributed by atoms with Crippen LogP contribution in [0.4, 0.5) is 4.39 Å². The first-order valence-electron chi connectivity index (χ1n) is 11.2. The summed E-state index contributed by atoms with van der Waals surface area (Å²) in [5.74, 6) is 1.47. The largest absolute Gasteiger partial charge is 0.493 e. The summed E-state index contributed by atoms with van der Waals surface area (Å²) >= 11 is 0. The minimum atomic E-state index is -0.369. The summed E-state index contributed by atoms with van der Waals surface area (Å²) in [5.41, 5.74) is 3.52. The van der Waals surface area contributed by atoms with Crippen LogP contribution in [-0.4, -0.2) is 22.1 Å². The number of amides is 1. The van der Waals surface area contributed by atoms with E-state index < -0.39 is 0 Å². The Bertz CT molecular complexity index is 1230. The number of aryl methyl sites for hydroxylation is 1. The number of nitrogens with one attached hydrogen (secondary N) is 1. The maximum absolute atomic E-state index is 13.1. The maximum Gasteiger partial charge on any atom is 0.251 e. The third kappa shape index (κ3) is 5.40. The SMILES string of the molecule is CC(C)c1ccccc1OCCCn1c(CNC(=O)c2ccc(F)cc2)nc2ccccc21. The fourth-order valence-electron chi connectivity index (χ4n) is 3.87. The molecule has 0 aliphatic rings. The Morgan fingerprint density at radius 3 is 2.55 bits per heavy atom. The summed E-state index contributed by atoms with van der Waals surface area (Å²) in [4.78, 5) is 17.2. The molecule has 1 N–H and O–H groups in total. The number of nitrogens with zero attached hydrogens (tertiary/aromatic N) is 2. The van der Waals surface area contributed by atoms with Crippen molar-refractivity contribution in [1.82, 2.24) is 14.9 Å². The topological polar surface area (TPSA) is 56.1 Å². The molecule has 0 atom stereocenters. The van der Waals surface area contributed by atoms with Crippen molar-refractivity contribution in [3.8, 4) is 5.75 Å². The molecule has 170 valence electrons. The Morgan fingerprint density at radius 1 is 1.03 bits per heavy atom. The van der Waals surface area contributed by atoms with E-state index in [0.29, 0.717) is 24.6 Å². The zero-order valence-electron chi connectivity index (χ0n) is 18.9. The summed E-state index contributed by atoms with van der Waals surface area (Å²) in [6.07, 6.45) is 0.797. The molecular weight excluding hydrogens is 417 g/mol. The van der Waals surface area contributed by atoms with Crippen LogP contribution in [-0.2, 0) is 13.1 Å². The van der Waals surface area contributed by atoms with E-state index in [1.165, 1.54) is 29.8 Å². The molecule has 0 radical (unpaired) electrons. The van der Waals surface area contributed by atoms with Gasteiger partial charge >= 0.3 is 0 Å². The number of imidazole rings is 1. The van der Waals surface area contributed by atoms with Crippen LogP contribution in [0.15, 0.2) is 72.8 Å². The average molecular weight is 446 g/mol. The maximum atomic E-state index is 13.1. The van der Waals surface area contributed by atoms with Crippen molar-refractivity contribution in [2.45, 2.75) is 39.3 Å². The number of fused-ring (bicyclic) bond motifs is 1. The van der Waals surface area contributed by atoms with Gasteiger partial charge in [-0.1, -0.05) is 44.2 Å². The van der Waals surface area contributed by atoms with Gasteiger partial charge in [0.2, 0.25) is 0 Å². The minimum absolute atomic E-state index is 0.262. The Hall–Kier alpha value is -3.67. The second-order valence-corrected chi connectivity index (χ2v) is 8.25. The van der Waals surface area contributed by atoms with Gasteiger partial charge in [-0.2, -0.15) is 0 Å². The number of benzene rings is 3. The first-order valence-corrected chi connectivity index (χ1v) is 11.2. The summed E-state index contributed by atoms with van der Waals surface area (Å²) < 4.78 is 21.3. The first kappa shape index (κ1) is 22.5. The lowest BCUT2D eigenvalue weighted by atomic mass is 10.0. The van der Waals surface area contributed by atoms with Crippen molar-refractivity contribution in [2.75, 3.05) is 6.61 Å². The molecule has 0 saturated carbocycles. The molecule has 5 nitrogen and oxygen atoms in total. The van der Waals surface area contributed by atoms with E-state index in [-0.39, 0.29) is 18.3 Å². The lowest BCUT2D eigenvalue weighted by molar-refractivity contribution is 0.0949. The van der Waals surface area contributed by atoms with Crippen LogP contribution >= 0.6 is 0 Å². The molecule has 33 heavy (non-hydrogen) atoms. The third-order valence-corrected chi connectivity index (χ3v) is 5.57. The summed E-state index contributed by atoms with van der Waals surface area (Å²) in [6, 6.07) is 21.6. The molecular formula is C27H28FN3O2. The van der Waals surface area contributed by atoms with E-state index in [0.717, 1.165) is 29.0 Å². The molecule has 0 bridgehead atoms. The van der Waals surface area contributed by atoms with Crippen LogP contribution in [0.3, 0.4) is 0 Å². The predicted octanol–water partition coefficient (Wildman–Crippen LogP) is 5.70. The van der Waals surface area contributed by atoms with Gasteiger partial charge in [0, 0.05) is 12.1 Å². The zero-order valence-corrected chi connectivity index (χ0v) is 18.9. The number of halogens is 1. The summed E-state index contributed by atoms with van der Waals surface area (Å²) in [6.45, 7) is 5.89. The second-order valence-electron chi connectivity index (χ2n) is 8.25. The van der Waals surface area contributed by atoms with E-state index >= 15 is 0 Å². The van der Waals surface area contributed by atoms with Gasteiger partial charge in [-0.25, -0.2) is 9.37 Å². The third-order valence-electron chi connectivity index (χ3n) is 5.57. The Labute approximate surface area is 193 Å². The van der Waals surface area contributed by atoms with Crippen molar-refractivity contribution in [2.24, 2.45) is 0 Å². The Balaban J connectivity index is 1.43. The van der Waals surface area contributed by atoms with Gasteiger partial charge in [-0.05, 0) is 60.4 Å². The van der Waals surface area contributed by atoms with E-state index in [4.69, 9.17) is 9.72 Å². The number of para-hydroxylation sites is 3. The number of carbonyl (C=O) groups excluding carboxylic acids is 1. The highest BCUT2D eigenvalue weighted by molar-refractivity contribution is 5.94. The van der Waals surface area contributed by atoms with Gasteiger partial charge in [0.05, 0.1) is 24.2 Å². The molecule has 4 aromatic rings. The number of ether oxygens (including phenoxy) is 1. The highest BCUT2D eigenvalue weighted by atomic mass is 19.1. The van der Waals surface area contributed by atoms with Crippen LogP contribution in [0.2, 0.25) is 0 Å². The molecule has 1 heterocycles. The predicted molar refractivity (Wildman–Crippen MR) is 128 cm³/mol. The molecule has 1 amide bonds. The summed E-state index contributed by atoms with van der Waals surface area (Å²) in [7, 11) is 0. The molecule has 3 aromatic carbocycles. The molecule has 6 heteroatoms. The number of aromatic nitrogens is 2. The normalized spacial score (nSPS) is 11.2. The molecule has 4 rings (SSSR count). The fourth-order valence-corrected chi connectivity index (χ4v) is 3.87. The number of hydrogen-bond donors (Lipinski definition) is 1. The van der Waals surface area contributed by atoms with Crippen LogP contribution < -0.4 is 10.1 Å². The highest BCUT2D eigenvalue weighted by Gasteiger charge is 2.13. The molecule has 0 unspecified atom stereocenters. The van der Waals surface area contributed by atoms with Gasteiger partial charge < -0.3 is 14.6 Å². The van der Waals surface area contributed by atoms with Gasteiger partial charge in [0.15, 0.2) is 0 Å². The van der Waals surface area contributed by atoms with E-state index in [1.54, 1.807) is 0 Å². The number of hydrogen-bond acceptors (Lipinski definition) is 3. The van der Waals surface area contributed by atoms with Crippen molar-refractivity contribution in [3.63, 3.8) is 0 Å². The van der Waals surface area contributed by atoms with Crippen LogP contribution in [0.1, 0.15) is 47.9 Å². The lowest BCUT2D eigenvalue weighted by Gasteiger charge is -2.15. The lowest BCUT2D eigenvalue weighted by Crippen LogP contribution is -2.25. The van der Waals surface area contributed by atoms with Gasteiger partial charge in [0.25, 0.3) is 5.91 Å². The van der Waals surface area contributed by atoms with E-state index in [2.05, 4.69) is 29.8 Å². The Morgan fingerprint density at radius 2 is 1.76 bits per heavy atom. The molecule has 0 saturated heterocycles. The zero-order chi connectivity index (χ0) is 23.2. The van der Waals surface area contributed by atoms with E-state index in [9.17, 15) is 9.18 Å². The van der Waals surface area contributed by atoms with Crippen LogP contribution in [0.25, 0.3) is 11.0 Å². The monoisotopic (exact) mass is 445 g/mol. The second kappa shape index (κ2) is 10.3. The Kier molecular flexibility index (Phi) is 7.03. The van der Waals surface area contributed by atoms with Crippen molar-refractivity contribution in [3.05, 3.63) is 95.6 Å². The van der Waals surface area contributed by atoms with Crippen molar-refractivity contribution >= 4 is 16.9 Å². The minimum Gasteiger partial charge on any atom is -0.493 e. The highest BCUT2D eigenvalue weighted by Crippen LogP contribution is 2.26. The molecule has 0 spiro atoms. The molecule has 1 aromatic heterocycles. The van der Waals surface area contributed by atoms with Gasteiger partial charge in [0.1, 0.15) is 17.4 Å².